The van der Waals surface area contributed by atoms with Crippen LogP contribution in [0.25, 0.3) is 11.0 Å². The molecule has 4 aromatic rings. The maximum Gasteiger partial charge on any atom is 0.310 e. The lowest BCUT2D eigenvalue weighted by atomic mass is 9.72. The first-order valence-corrected chi connectivity index (χ1v) is 16.1. The number of thiophene rings is 1. The summed E-state index contributed by atoms with van der Waals surface area (Å²) in [5.41, 5.74) is 3.12. The van der Waals surface area contributed by atoms with Gasteiger partial charge in [0, 0.05) is 28.8 Å². The van der Waals surface area contributed by atoms with Crippen LogP contribution in [0.15, 0.2) is 47.4 Å². The van der Waals surface area contributed by atoms with Crippen molar-refractivity contribution in [2.45, 2.75) is 78.0 Å². The third-order valence-corrected chi connectivity index (χ3v) is 11.2. The molecule has 0 unspecified atom stereocenters. The molecule has 9 nitrogen and oxygen atoms in total. The second kappa shape index (κ2) is 10.8. The third kappa shape index (κ3) is 5.04. The summed E-state index contributed by atoms with van der Waals surface area (Å²) >= 11 is 1.51. The van der Waals surface area contributed by atoms with Crippen molar-refractivity contribution in [3.05, 3.63) is 68.9 Å². The zero-order valence-electron chi connectivity index (χ0n) is 24.2. The van der Waals surface area contributed by atoms with Crippen LogP contribution in [-0.4, -0.2) is 51.4 Å². The third-order valence-electron chi connectivity index (χ3n) is 8.16. The number of aliphatic carboxylic acids is 1. The van der Waals surface area contributed by atoms with Gasteiger partial charge in [-0.1, -0.05) is 30.3 Å². The average Bonchev–Trinajstić information content (AvgIpc) is 3.49. The highest BCUT2D eigenvalue weighted by atomic mass is 32.2. The quantitative estimate of drug-likeness (QED) is 0.276. The number of aryl methyl sites for hydroxylation is 3. The lowest BCUT2D eigenvalue weighted by Gasteiger charge is -2.31. The molecule has 0 radical (unpaired) electrons. The van der Waals surface area contributed by atoms with Crippen molar-refractivity contribution in [1.82, 2.24) is 19.3 Å². The molecule has 11 heteroatoms. The van der Waals surface area contributed by atoms with Crippen molar-refractivity contribution in [2.75, 3.05) is 6.54 Å². The molecule has 1 aliphatic rings. The largest absolute Gasteiger partial charge is 0.488 e. The molecule has 2 aromatic carbocycles. The van der Waals surface area contributed by atoms with Gasteiger partial charge in [0.2, 0.25) is 10.0 Å². The van der Waals surface area contributed by atoms with Crippen LogP contribution in [0.2, 0.25) is 0 Å². The van der Waals surface area contributed by atoms with Crippen LogP contribution in [0, 0.1) is 19.3 Å². The Morgan fingerprint density at radius 3 is 2.61 bits per heavy atom. The maximum absolute atomic E-state index is 13.8. The molecule has 1 N–H and O–H groups in total. The number of para-hydroxylation sites is 1. The zero-order chi connectivity index (χ0) is 29.7. The lowest BCUT2D eigenvalue weighted by molar-refractivity contribution is -0.147. The molecule has 0 saturated heterocycles. The topological polar surface area (TPSA) is 115 Å². The van der Waals surface area contributed by atoms with E-state index < -0.39 is 27.3 Å². The number of ether oxygens (including phenoxy) is 1. The van der Waals surface area contributed by atoms with E-state index in [0.717, 1.165) is 37.5 Å². The number of sulfonamides is 1. The van der Waals surface area contributed by atoms with Crippen molar-refractivity contribution in [2.24, 2.45) is 5.41 Å². The molecule has 0 spiro atoms. The summed E-state index contributed by atoms with van der Waals surface area (Å²) in [6.07, 6.45) is 0.379. The van der Waals surface area contributed by atoms with Crippen molar-refractivity contribution >= 4 is 38.4 Å². The smallest absolute Gasteiger partial charge is 0.310 e. The van der Waals surface area contributed by atoms with Gasteiger partial charge in [-0.3, -0.25) is 4.79 Å². The number of fused-ring (bicyclic) bond motifs is 2. The fourth-order valence-corrected chi connectivity index (χ4v) is 8.51. The van der Waals surface area contributed by atoms with Crippen molar-refractivity contribution < 1.29 is 23.1 Å². The van der Waals surface area contributed by atoms with Crippen LogP contribution in [0.4, 0.5) is 0 Å². The second-order valence-corrected chi connectivity index (χ2v) is 14.3. The Kier molecular flexibility index (Phi) is 7.73. The number of rotatable bonds is 8. The summed E-state index contributed by atoms with van der Waals surface area (Å²) in [5, 5.41) is 19.0. The molecule has 218 valence electrons. The van der Waals surface area contributed by atoms with E-state index in [2.05, 4.69) is 10.3 Å². The number of hydrogen-bond acceptors (Lipinski definition) is 7. The molecule has 0 amide bonds. The molecule has 0 bridgehead atoms. The first-order chi connectivity index (χ1) is 19.4. The van der Waals surface area contributed by atoms with Crippen LogP contribution in [0.1, 0.15) is 66.5 Å². The predicted molar refractivity (Wildman–Crippen MR) is 159 cm³/mol. The van der Waals surface area contributed by atoms with Gasteiger partial charge in [0.25, 0.3) is 0 Å². The highest BCUT2D eigenvalue weighted by Crippen LogP contribution is 2.47. The van der Waals surface area contributed by atoms with Crippen LogP contribution < -0.4 is 4.74 Å². The number of aromatic nitrogens is 3. The first-order valence-electron chi connectivity index (χ1n) is 13.8. The van der Waals surface area contributed by atoms with Crippen LogP contribution in [0.5, 0.6) is 5.75 Å². The molecule has 0 fully saturated rings. The van der Waals surface area contributed by atoms with Gasteiger partial charge in [-0.05, 0) is 82.0 Å². The van der Waals surface area contributed by atoms with E-state index in [4.69, 9.17) is 4.74 Å². The predicted octanol–water partition coefficient (Wildman–Crippen LogP) is 5.73. The summed E-state index contributed by atoms with van der Waals surface area (Å²) in [5.74, 6) is -1.03. The van der Waals surface area contributed by atoms with Crippen molar-refractivity contribution in [3.63, 3.8) is 0 Å². The van der Waals surface area contributed by atoms with E-state index in [9.17, 15) is 18.3 Å². The number of carboxylic acid groups (broad SMARTS) is 1. The van der Waals surface area contributed by atoms with Gasteiger partial charge >= 0.3 is 5.97 Å². The molecule has 3 heterocycles. The van der Waals surface area contributed by atoms with E-state index >= 15 is 0 Å². The summed E-state index contributed by atoms with van der Waals surface area (Å²) in [6.45, 7) is 12.5. The van der Waals surface area contributed by atoms with Crippen LogP contribution in [0.3, 0.4) is 0 Å². The zero-order valence-corrected chi connectivity index (χ0v) is 25.8. The normalized spacial score (nSPS) is 18.0. The van der Waals surface area contributed by atoms with E-state index in [1.807, 2.05) is 50.6 Å². The van der Waals surface area contributed by atoms with Gasteiger partial charge in [0.15, 0.2) is 0 Å². The Labute approximate surface area is 244 Å². The molecular weight excluding hydrogens is 560 g/mol. The van der Waals surface area contributed by atoms with E-state index in [0.29, 0.717) is 18.7 Å². The summed E-state index contributed by atoms with van der Waals surface area (Å²) in [4.78, 5) is 14.6. The number of nitrogens with zero attached hydrogens (tertiary/aromatic N) is 4. The van der Waals surface area contributed by atoms with Crippen LogP contribution in [-0.2, 0) is 27.9 Å². The lowest BCUT2D eigenvalue weighted by Crippen LogP contribution is -2.36. The monoisotopic (exact) mass is 596 g/mol. The van der Waals surface area contributed by atoms with Gasteiger partial charge in [-0.25, -0.2) is 13.1 Å². The number of carboxylic acids is 1. The molecule has 0 saturated carbocycles. The van der Waals surface area contributed by atoms with Crippen LogP contribution >= 0.6 is 11.3 Å². The Balaban J connectivity index is 1.59. The minimum absolute atomic E-state index is 0.165. The fraction of sp³-hybridized carbons (Fsp3) is 0.433. The molecule has 5 rings (SSSR count). The molecular formula is C30H36N4O5S2. The number of benzene rings is 2. The molecule has 0 aliphatic carbocycles. The Hall–Kier alpha value is -3.28. The molecule has 1 aliphatic heterocycles. The van der Waals surface area contributed by atoms with Gasteiger partial charge in [-0.2, -0.15) is 4.31 Å². The van der Waals surface area contributed by atoms with Crippen molar-refractivity contribution in [1.29, 1.82) is 0 Å². The van der Waals surface area contributed by atoms with Crippen molar-refractivity contribution in [3.8, 4) is 5.75 Å². The van der Waals surface area contributed by atoms with Gasteiger partial charge in [0.05, 0.1) is 17.5 Å². The van der Waals surface area contributed by atoms with E-state index in [1.165, 1.54) is 15.6 Å². The first kappa shape index (κ1) is 29.2. The maximum atomic E-state index is 13.8. The number of hydrogen-bond donors (Lipinski definition) is 1. The Morgan fingerprint density at radius 2 is 1.93 bits per heavy atom. The summed E-state index contributed by atoms with van der Waals surface area (Å²) < 4.78 is 36.9. The van der Waals surface area contributed by atoms with Gasteiger partial charge in [-0.15, -0.1) is 16.4 Å². The Morgan fingerprint density at radius 1 is 1.20 bits per heavy atom. The minimum Gasteiger partial charge on any atom is -0.488 e. The molecule has 2 atom stereocenters. The van der Waals surface area contributed by atoms with E-state index in [-0.39, 0.29) is 24.1 Å². The second-order valence-electron chi connectivity index (χ2n) is 11.1. The minimum atomic E-state index is -3.81. The SMILES string of the molecule is CC[C@@H]1CN(Cc2cc([C@H](c3ccc4c(nnn4CC)c3C)C(C)(C)C(=O)O)sc2C)S(=O)(=O)c2ccccc2O1. The van der Waals surface area contributed by atoms with E-state index in [1.54, 1.807) is 38.1 Å². The highest BCUT2D eigenvalue weighted by molar-refractivity contribution is 7.89. The molecule has 2 aromatic heterocycles. The van der Waals surface area contributed by atoms with Gasteiger partial charge < -0.3 is 9.84 Å². The summed E-state index contributed by atoms with van der Waals surface area (Å²) in [6, 6.07) is 12.7. The standard InChI is InChI=1S/C30H36N4O5S2/c1-7-21-17-33(41(37,38)26-12-10-9-11-24(26)39-21)16-20-15-25(40-19(20)4)27(30(5,6)29(35)36)22-13-14-23-28(18(22)3)31-32-34(23)8-2/h9-15,21,27H,7-8,16-17H2,1-6H3,(H,35,36)/t21-,27+/m1/s1. The highest BCUT2D eigenvalue weighted by Gasteiger charge is 2.42. The number of carbonyl (C=O) groups is 1. The average molecular weight is 597 g/mol. The fourth-order valence-electron chi connectivity index (χ4n) is 5.59. The Bertz CT molecular complexity index is 1720. The summed E-state index contributed by atoms with van der Waals surface area (Å²) in [7, 11) is -3.81. The molecule has 41 heavy (non-hydrogen) atoms. The van der Waals surface area contributed by atoms with Gasteiger partial charge in [0.1, 0.15) is 22.3 Å².